The van der Waals surface area contributed by atoms with Crippen molar-refractivity contribution in [1.82, 2.24) is 10.3 Å². The minimum Gasteiger partial charge on any atom is -0.457 e. The lowest BCUT2D eigenvalue weighted by molar-refractivity contribution is 0.486. The molecule has 1 aromatic heterocycles. The van der Waals surface area contributed by atoms with Gasteiger partial charge in [0, 0.05) is 24.2 Å². The summed E-state index contributed by atoms with van der Waals surface area (Å²) < 4.78 is 6.04. The number of rotatable bonds is 5. The van der Waals surface area contributed by atoms with Gasteiger partial charge >= 0.3 is 0 Å². The number of benzene rings is 2. The van der Waals surface area contributed by atoms with Gasteiger partial charge in [0.15, 0.2) is 0 Å². The zero-order valence-electron chi connectivity index (χ0n) is 12.0. The van der Waals surface area contributed by atoms with E-state index in [9.17, 15) is 0 Å². The zero-order valence-corrected chi connectivity index (χ0v) is 12.0. The molecule has 0 radical (unpaired) electrons. The van der Waals surface area contributed by atoms with Crippen LogP contribution in [0.5, 0.6) is 11.5 Å². The Morgan fingerprint density at radius 2 is 1.90 bits per heavy atom. The largest absolute Gasteiger partial charge is 0.457 e. The van der Waals surface area contributed by atoms with E-state index in [1.807, 2.05) is 36.4 Å². The Balaban J connectivity index is 1.88. The molecule has 106 valence electrons. The highest BCUT2D eigenvalue weighted by Crippen LogP contribution is 2.29. The highest BCUT2D eigenvalue weighted by atomic mass is 16.5. The summed E-state index contributed by atoms with van der Waals surface area (Å²) in [4.78, 5) is 4.34. The molecule has 0 bridgehead atoms. The van der Waals surface area contributed by atoms with E-state index >= 15 is 0 Å². The fraction of sp³-hybridized carbons (Fsp3) is 0.167. The average Bonchev–Trinajstić information content (AvgIpc) is 2.54. The molecule has 0 atom stereocenters. The van der Waals surface area contributed by atoms with Crippen LogP contribution in [0.4, 0.5) is 0 Å². The quantitative estimate of drug-likeness (QED) is 0.761. The summed E-state index contributed by atoms with van der Waals surface area (Å²) in [6.07, 6.45) is 1.78. The molecule has 0 aliphatic heterocycles. The Bertz CT molecular complexity index is 735. The molecule has 0 saturated carbocycles. The van der Waals surface area contributed by atoms with Crippen LogP contribution in [0.3, 0.4) is 0 Å². The van der Waals surface area contributed by atoms with E-state index in [-0.39, 0.29) is 0 Å². The van der Waals surface area contributed by atoms with Crippen molar-refractivity contribution in [2.24, 2.45) is 0 Å². The Morgan fingerprint density at radius 1 is 1.05 bits per heavy atom. The van der Waals surface area contributed by atoms with E-state index < -0.39 is 0 Å². The predicted molar refractivity (Wildman–Crippen MR) is 85.6 cm³/mol. The average molecular weight is 278 g/mol. The van der Waals surface area contributed by atoms with Crippen molar-refractivity contribution in [1.29, 1.82) is 0 Å². The van der Waals surface area contributed by atoms with Gasteiger partial charge in [-0.3, -0.25) is 4.98 Å². The second kappa shape index (κ2) is 6.37. The molecule has 0 unspecified atom stereocenters. The molecule has 0 fully saturated rings. The number of hydrogen-bond donors (Lipinski definition) is 1. The van der Waals surface area contributed by atoms with Gasteiger partial charge in [0.25, 0.3) is 0 Å². The van der Waals surface area contributed by atoms with Gasteiger partial charge in [-0.05, 0) is 24.1 Å². The second-order valence-corrected chi connectivity index (χ2v) is 4.84. The van der Waals surface area contributed by atoms with Crippen molar-refractivity contribution in [3.8, 4) is 11.5 Å². The molecule has 1 N–H and O–H groups in total. The van der Waals surface area contributed by atoms with E-state index in [4.69, 9.17) is 4.74 Å². The fourth-order valence-electron chi connectivity index (χ4n) is 2.28. The van der Waals surface area contributed by atoms with Crippen LogP contribution in [0.25, 0.3) is 10.8 Å². The van der Waals surface area contributed by atoms with Crippen molar-refractivity contribution in [3.05, 3.63) is 66.5 Å². The van der Waals surface area contributed by atoms with Gasteiger partial charge in [-0.25, -0.2) is 0 Å². The minimum absolute atomic E-state index is 0.753. The van der Waals surface area contributed by atoms with Gasteiger partial charge in [0.1, 0.15) is 11.5 Å². The van der Waals surface area contributed by atoms with E-state index in [1.54, 1.807) is 6.20 Å². The molecule has 1 heterocycles. The van der Waals surface area contributed by atoms with Crippen LogP contribution < -0.4 is 10.1 Å². The first-order valence-corrected chi connectivity index (χ1v) is 7.18. The maximum absolute atomic E-state index is 6.04. The highest BCUT2D eigenvalue weighted by Gasteiger charge is 2.04. The molecule has 3 heteroatoms. The van der Waals surface area contributed by atoms with Crippen molar-refractivity contribution < 1.29 is 4.74 Å². The summed E-state index contributed by atoms with van der Waals surface area (Å²) in [5.74, 6) is 1.68. The lowest BCUT2D eigenvalue weighted by Crippen LogP contribution is -2.12. The third kappa shape index (κ3) is 3.20. The van der Waals surface area contributed by atoms with Gasteiger partial charge in [0.05, 0.1) is 5.69 Å². The van der Waals surface area contributed by atoms with Crippen LogP contribution in [-0.2, 0) is 6.54 Å². The summed E-state index contributed by atoms with van der Waals surface area (Å²) in [5, 5.41) is 5.56. The summed E-state index contributed by atoms with van der Waals surface area (Å²) in [5.41, 5.74) is 0.981. The summed E-state index contributed by atoms with van der Waals surface area (Å²) >= 11 is 0. The second-order valence-electron chi connectivity index (χ2n) is 4.84. The van der Waals surface area contributed by atoms with Crippen LogP contribution in [0.1, 0.15) is 12.6 Å². The summed E-state index contributed by atoms with van der Waals surface area (Å²) in [7, 11) is 0. The number of aromatic nitrogens is 1. The molecular weight excluding hydrogens is 260 g/mol. The van der Waals surface area contributed by atoms with E-state index in [0.29, 0.717) is 0 Å². The molecule has 0 spiro atoms. The first kappa shape index (κ1) is 13.6. The molecule has 3 rings (SSSR count). The Hall–Kier alpha value is -2.39. The van der Waals surface area contributed by atoms with Crippen LogP contribution in [0.15, 0.2) is 60.8 Å². The predicted octanol–water partition coefficient (Wildman–Crippen LogP) is 4.14. The molecule has 2 aromatic carbocycles. The number of pyridine rings is 1. The number of nitrogens with one attached hydrogen (secondary N) is 1. The van der Waals surface area contributed by atoms with Gasteiger partial charge in [-0.1, -0.05) is 43.3 Å². The van der Waals surface area contributed by atoms with Gasteiger partial charge < -0.3 is 10.1 Å². The molecule has 0 aliphatic carbocycles. The van der Waals surface area contributed by atoms with E-state index in [1.165, 1.54) is 5.39 Å². The van der Waals surface area contributed by atoms with Crippen LogP contribution >= 0.6 is 0 Å². The molecule has 3 aromatic rings. The van der Waals surface area contributed by atoms with Crippen LogP contribution in [0.2, 0.25) is 0 Å². The van der Waals surface area contributed by atoms with Crippen molar-refractivity contribution >= 4 is 10.8 Å². The van der Waals surface area contributed by atoms with Crippen molar-refractivity contribution in [2.75, 3.05) is 6.54 Å². The Morgan fingerprint density at radius 3 is 2.81 bits per heavy atom. The Kier molecular flexibility index (Phi) is 4.12. The maximum Gasteiger partial charge on any atom is 0.135 e. The van der Waals surface area contributed by atoms with Gasteiger partial charge in [-0.2, -0.15) is 0 Å². The molecular formula is C18H18N2O. The zero-order chi connectivity index (χ0) is 14.5. The number of fused-ring (bicyclic) bond motifs is 1. The first-order chi connectivity index (χ1) is 10.4. The monoisotopic (exact) mass is 278 g/mol. The Labute approximate surface area is 124 Å². The molecule has 0 amide bonds. The fourth-order valence-corrected chi connectivity index (χ4v) is 2.28. The van der Waals surface area contributed by atoms with Crippen molar-refractivity contribution in [3.63, 3.8) is 0 Å². The number of nitrogens with zero attached hydrogens (tertiary/aromatic N) is 1. The molecule has 0 aliphatic rings. The normalized spacial score (nSPS) is 10.7. The highest BCUT2D eigenvalue weighted by molar-refractivity contribution is 5.88. The smallest absolute Gasteiger partial charge is 0.135 e. The molecule has 3 nitrogen and oxygen atoms in total. The third-order valence-electron chi connectivity index (χ3n) is 3.32. The standard InChI is InChI=1S/C18H18N2O/c1-2-19-13-15-12-16(10-11-20-15)21-18-9-5-7-14-6-3-4-8-17(14)18/h3-12,19H,2,13H2,1H3. The van der Waals surface area contributed by atoms with Crippen LogP contribution in [-0.4, -0.2) is 11.5 Å². The number of ether oxygens (including phenoxy) is 1. The number of hydrogen-bond acceptors (Lipinski definition) is 3. The third-order valence-corrected chi connectivity index (χ3v) is 3.32. The SMILES string of the molecule is CCNCc1cc(Oc2cccc3ccccc23)ccn1. The minimum atomic E-state index is 0.753. The van der Waals surface area contributed by atoms with Gasteiger partial charge in [-0.15, -0.1) is 0 Å². The van der Waals surface area contributed by atoms with Crippen molar-refractivity contribution in [2.45, 2.75) is 13.5 Å². The maximum atomic E-state index is 6.04. The molecule has 0 saturated heterocycles. The molecule has 21 heavy (non-hydrogen) atoms. The van der Waals surface area contributed by atoms with Gasteiger partial charge in [0.2, 0.25) is 0 Å². The van der Waals surface area contributed by atoms with E-state index in [0.717, 1.165) is 35.7 Å². The summed E-state index contributed by atoms with van der Waals surface area (Å²) in [6, 6.07) is 18.2. The first-order valence-electron chi connectivity index (χ1n) is 7.18. The lowest BCUT2D eigenvalue weighted by Gasteiger charge is -2.10. The van der Waals surface area contributed by atoms with E-state index in [2.05, 4.69) is 35.4 Å². The lowest BCUT2D eigenvalue weighted by atomic mass is 10.1. The summed E-state index contributed by atoms with van der Waals surface area (Å²) in [6.45, 7) is 3.76. The van der Waals surface area contributed by atoms with Crippen LogP contribution in [0, 0.1) is 0 Å². The topological polar surface area (TPSA) is 34.1 Å².